The molecule has 1 N–H and O–H groups in total. The standard InChI is InChI=1S/C19H20ClN3O2/c1-23-17(13-5-4-6-15(20)9-13)12-22-19(23)21-11-14-10-16(24-2)7-8-18(14)25-3/h4-10,12H,11H2,1-3H3,(H,21,22). The van der Waals surface area contributed by atoms with Crippen molar-refractivity contribution in [2.45, 2.75) is 6.54 Å². The molecule has 0 aliphatic carbocycles. The average Bonchev–Trinajstić information content (AvgIpc) is 3.00. The number of halogens is 1. The van der Waals surface area contributed by atoms with Crippen LogP contribution in [-0.4, -0.2) is 23.8 Å². The largest absolute Gasteiger partial charge is 0.497 e. The van der Waals surface area contributed by atoms with Gasteiger partial charge < -0.3 is 19.4 Å². The Balaban J connectivity index is 1.81. The van der Waals surface area contributed by atoms with Gasteiger partial charge in [0.1, 0.15) is 11.5 Å². The number of aromatic nitrogens is 2. The lowest BCUT2D eigenvalue weighted by Gasteiger charge is -2.12. The summed E-state index contributed by atoms with van der Waals surface area (Å²) in [5.41, 5.74) is 3.01. The van der Waals surface area contributed by atoms with Gasteiger partial charge in [0.25, 0.3) is 0 Å². The van der Waals surface area contributed by atoms with E-state index in [1.807, 2.05) is 60.3 Å². The Morgan fingerprint density at radius 2 is 1.96 bits per heavy atom. The molecule has 0 atom stereocenters. The number of hydrogen-bond acceptors (Lipinski definition) is 4. The van der Waals surface area contributed by atoms with Crippen LogP contribution in [0, 0.1) is 0 Å². The first-order valence-electron chi connectivity index (χ1n) is 7.85. The third-order valence-electron chi connectivity index (χ3n) is 4.03. The average molecular weight is 358 g/mol. The molecule has 6 heteroatoms. The minimum Gasteiger partial charge on any atom is -0.497 e. The summed E-state index contributed by atoms with van der Waals surface area (Å²) in [6.45, 7) is 0.570. The third kappa shape index (κ3) is 3.72. The van der Waals surface area contributed by atoms with Crippen molar-refractivity contribution in [1.82, 2.24) is 9.55 Å². The highest BCUT2D eigenvalue weighted by Crippen LogP contribution is 2.27. The summed E-state index contributed by atoms with van der Waals surface area (Å²) in [5, 5.41) is 4.05. The molecule has 0 spiro atoms. The highest BCUT2D eigenvalue weighted by molar-refractivity contribution is 6.30. The molecule has 3 aromatic rings. The zero-order valence-electron chi connectivity index (χ0n) is 14.4. The molecule has 1 aromatic heterocycles. The SMILES string of the molecule is COc1ccc(OC)c(CNc2ncc(-c3cccc(Cl)c3)n2C)c1. The quantitative estimate of drug-likeness (QED) is 0.711. The van der Waals surface area contributed by atoms with E-state index in [1.165, 1.54) is 0 Å². The maximum atomic E-state index is 6.09. The van der Waals surface area contributed by atoms with Crippen molar-refractivity contribution < 1.29 is 9.47 Å². The molecule has 0 unspecified atom stereocenters. The van der Waals surface area contributed by atoms with Gasteiger partial charge in [0.15, 0.2) is 0 Å². The van der Waals surface area contributed by atoms with Gasteiger partial charge in [0.2, 0.25) is 5.95 Å². The fourth-order valence-electron chi connectivity index (χ4n) is 2.68. The Morgan fingerprint density at radius 1 is 1.12 bits per heavy atom. The van der Waals surface area contributed by atoms with E-state index in [4.69, 9.17) is 21.1 Å². The zero-order chi connectivity index (χ0) is 17.8. The maximum absolute atomic E-state index is 6.09. The molecule has 25 heavy (non-hydrogen) atoms. The van der Waals surface area contributed by atoms with Gasteiger partial charge in [-0.1, -0.05) is 23.7 Å². The van der Waals surface area contributed by atoms with Crippen molar-refractivity contribution in [3.63, 3.8) is 0 Å². The van der Waals surface area contributed by atoms with Crippen LogP contribution < -0.4 is 14.8 Å². The topological polar surface area (TPSA) is 48.3 Å². The molecule has 0 bridgehead atoms. The van der Waals surface area contributed by atoms with E-state index < -0.39 is 0 Å². The van der Waals surface area contributed by atoms with Gasteiger partial charge in [-0.25, -0.2) is 4.98 Å². The molecular formula is C19H20ClN3O2. The molecule has 0 radical (unpaired) electrons. The minimum absolute atomic E-state index is 0.570. The molecule has 2 aromatic carbocycles. The highest BCUT2D eigenvalue weighted by Gasteiger charge is 2.10. The van der Waals surface area contributed by atoms with Crippen LogP contribution in [0.25, 0.3) is 11.3 Å². The number of benzene rings is 2. The van der Waals surface area contributed by atoms with E-state index in [1.54, 1.807) is 14.2 Å². The van der Waals surface area contributed by atoms with Gasteiger partial charge in [-0.2, -0.15) is 0 Å². The number of anilines is 1. The number of nitrogens with zero attached hydrogens (tertiary/aromatic N) is 2. The van der Waals surface area contributed by atoms with Gasteiger partial charge in [-0.3, -0.25) is 0 Å². The van der Waals surface area contributed by atoms with Crippen LogP contribution in [0.2, 0.25) is 5.02 Å². The van der Waals surface area contributed by atoms with Gasteiger partial charge >= 0.3 is 0 Å². The number of ether oxygens (including phenoxy) is 2. The van der Waals surface area contributed by atoms with E-state index in [0.29, 0.717) is 11.6 Å². The monoisotopic (exact) mass is 357 g/mol. The van der Waals surface area contributed by atoms with Crippen LogP contribution in [0.3, 0.4) is 0 Å². The van der Waals surface area contributed by atoms with Crippen molar-refractivity contribution >= 4 is 17.5 Å². The maximum Gasteiger partial charge on any atom is 0.203 e. The molecule has 3 rings (SSSR count). The molecule has 5 nitrogen and oxygen atoms in total. The van der Waals surface area contributed by atoms with Crippen LogP contribution in [0.4, 0.5) is 5.95 Å². The zero-order valence-corrected chi connectivity index (χ0v) is 15.2. The van der Waals surface area contributed by atoms with Crippen molar-refractivity contribution in [3.8, 4) is 22.8 Å². The van der Waals surface area contributed by atoms with E-state index >= 15 is 0 Å². The van der Waals surface area contributed by atoms with Crippen LogP contribution >= 0.6 is 11.6 Å². The number of imidazole rings is 1. The lowest BCUT2D eigenvalue weighted by molar-refractivity contribution is 0.399. The first-order valence-corrected chi connectivity index (χ1v) is 8.22. The summed E-state index contributed by atoms with van der Waals surface area (Å²) in [4.78, 5) is 4.47. The van der Waals surface area contributed by atoms with Crippen LogP contribution in [0.15, 0.2) is 48.7 Å². The number of methoxy groups -OCH3 is 2. The summed E-state index contributed by atoms with van der Waals surface area (Å²) in [6, 6.07) is 13.4. The Hall–Kier alpha value is -2.66. The normalized spacial score (nSPS) is 10.6. The van der Waals surface area contributed by atoms with Crippen LogP contribution in [-0.2, 0) is 13.6 Å². The summed E-state index contributed by atoms with van der Waals surface area (Å²) in [6.07, 6.45) is 1.83. The fourth-order valence-corrected chi connectivity index (χ4v) is 2.87. The lowest BCUT2D eigenvalue weighted by Crippen LogP contribution is -2.07. The van der Waals surface area contributed by atoms with Crippen molar-refractivity contribution in [2.24, 2.45) is 7.05 Å². The summed E-state index contributed by atoms with van der Waals surface area (Å²) in [5.74, 6) is 2.36. The first-order chi connectivity index (χ1) is 12.1. The number of nitrogens with one attached hydrogen (secondary N) is 1. The molecule has 1 heterocycles. The second-order valence-electron chi connectivity index (χ2n) is 5.57. The van der Waals surface area contributed by atoms with Crippen LogP contribution in [0.1, 0.15) is 5.56 Å². The van der Waals surface area contributed by atoms with E-state index in [-0.39, 0.29) is 0 Å². The Labute approximate surface area is 152 Å². The Bertz CT molecular complexity index is 877. The molecule has 0 aliphatic rings. The lowest BCUT2D eigenvalue weighted by atomic mass is 10.2. The summed E-state index contributed by atoms with van der Waals surface area (Å²) < 4.78 is 12.7. The van der Waals surface area contributed by atoms with Crippen molar-refractivity contribution in [2.75, 3.05) is 19.5 Å². The third-order valence-corrected chi connectivity index (χ3v) is 4.27. The number of hydrogen-bond donors (Lipinski definition) is 1. The molecule has 130 valence electrons. The number of rotatable bonds is 6. The van der Waals surface area contributed by atoms with E-state index in [2.05, 4.69) is 10.3 Å². The second-order valence-corrected chi connectivity index (χ2v) is 6.00. The highest BCUT2D eigenvalue weighted by atomic mass is 35.5. The first kappa shape index (κ1) is 17.2. The van der Waals surface area contributed by atoms with Gasteiger partial charge in [0, 0.05) is 29.7 Å². The minimum atomic E-state index is 0.570. The molecule has 0 saturated heterocycles. The smallest absolute Gasteiger partial charge is 0.203 e. The van der Waals surface area contributed by atoms with Crippen molar-refractivity contribution in [1.29, 1.82) is 0 Å². The molecule has 0 amide bonds. The second kappa shape index (κ2) is 7.49. The predicted molar refractivity (Wildman–Crippen MR) is 101 cm³/mol. The molecule has 0 fully saturated rings. The molecule has 0 aliphatic heterocycles. The van der Waals surface area contributed by atoms with Crippen LogP contribution in [0.5, 0.6) is 11.5 Å². The predicted octanol–water partition coefficient (Wildman–Crippen LogP) is 4.37. The van der Waals surface area contributed by atoms with Gasteiger partial charge in [-0.15, -0.1) is 0 Å². The van der Waals surface area contributed by atoms with Crippen molar-refractivity contribution in [3.05, 3.63) is 59.2 Å². The van der Waals surface area contributed by atoms with Gasteiger partial charge in [0.05, 0.1) is 26.1 Å². The molecule has 0 saturated carbocycles. The van der Waals surface area contributed by atoms with E-state index in [9.17, 15) is 0 Å². The summed E-state index contributed by atoms with van der Waals surface area (Å²) >= 11 is 6.09. The Kier molecular flexibility index (Phi) is 5.14. The van der Waals surface area contributed by atoms with Gasteiger partial charge in [-0.05, 0) is 30.3 Å². The summed E-state index contributed by atoms with van der Waals surface area (Å²) in [7, 11) is 5.27. The molecular weight excluding hydrogens is 338 g/mol. The van der Waals surface area contributed by atoms with E-state index in [0.717, 1.165) is 34.3 Å². The fraction of sp³-hybridized carbons (Fsp3) is 0.211. The Morgan fingerprint density at radius 3 is 2.68 bits per heavy atom.